The van der Waals surface area contributed by atoms with E-state index in [0.717, 1.165) is 65.6 Å². The maximum absolute atomic E-state index is 14.8. The molecule has 0 saturated heterocycles. The van der Waals surface area contributed by atoms with E-state index in [-0.39, 0.29) is 0 Å². The Balaban J connectivity index is 2.05. The normalized spacial score (nSPS) is 13.1. The van der Waals surface area contributed by atoms with Gasteiger partial charge in [0, 0.05) is 0 Å². The summed E-state index contributed by atoms with van der Waals surface area (Å²) in [5.41, 5.74) is 2.03. The molecule has 4 aromatic carbocycles. The van der Waals surface area contributed by atoms with Gasteiger partial charge in [0.25, 0.3) is 0 Å². The van der Waals surface area contributed by atoms with Crippen LogP contribution in [-0.4, -0.2) is 14.6 Å². The minimum absolute atomic E-state index is 0.315. The van der Waals surface area contributed by atoms with Crippen molar-refractivity contribution in [2.75, 3.05) is 6.16 Å². The number of unbranched alkanes of at least 4 members (excludes halogenated alkanes) is 2. The molecule has 4 aromatic rings. The van der Waals surface area contributed by atoms with E-state index in [1.54, 1.807) is 6.07 Å². The van der Waals surface area contributed by atoms with Crippen LogP contribution in [0.15, 0.2) is 114 Å². The molecule has 5 heteroatoms. The maximum atomic E-state index is 14.8. The molecular weight excluding hydrogens is 519 g/mol. The van der Waals surface area contributed by atoms with E-state index >= 15 is 0 Å². The molecule has 0 atom stereocenters. The Morgan fingerprint density at radius 3 is 1.49 bits per heavy atom. The summed E-state index contributed by atoms with van der Waals surface area (Å²) in [4.78, 5) is 0.315. The number of aryl methyl sites for hydroxylation is 1. The van der Waals surface area contributed by atoms with Crippen LogP contribution in [0.4, 0.5) is 0 Å². The Kier molecular flexibility index (Phi) is 9.43. The molecule has 3 nitrogen and oxygen atoms in total. The summed E-state index contributed by atoms with van der Waals surface area (Å²) >= 11 is 0. The third-order valence-corrected chi connectivity index (χ3v) is 16.3. The molecule has 0 N–H and O–H groups in total. The van der Waals surface area contributed by atoms with E-state index in [9.17, 15) is 8.42 Å². The van der Waals surface area contributed by atoms with Crippen LogP contribution in [-0.2, 0) is 26.9 Å². The van der Waals surface area contributed by atoms with Crippen molar-refractivity contribution in [2.24, 2.45) is 0 Å². The van der Waals surface area contributed by atoms with Gasteiger partial charge in [0.2, 0.25) is 0 Å². The SMILES string of the molecule is CCCCc1cccc(S(=O)(=O)OP(CC)(c2ccccc2)(c2ccccc2)c2ccccc2)c1CCCC. The van der Waals surface area contributed by atoms with Gasteiger partial charge in [0.15, 0.2) is 0 Å². The quantitative estimate of drug-likeness (QED) is 0.159. The average Bonchev–Trinajstić information content (AvgIpc) is 2.99. The van der Waals surface area contributed by atoms with Crippen LogP contribution in [0.1, 0.15) is 57.6 Å². The summed E-state index contributed by atoms with van der Waals surface area (Å²) < 4.78 is 36.5. The van der Waals surface area contributed by atoms with Crippen molar-refractivity contribution < 1.29 is 12.4 Å². The summed E-state index contributed by atoms with van der Waals surface area (Å²) in [5, 5.41) is 2.72. The molecule has 0 unspecified atom stereocenters. The summed E-state index contributed by atoms with van der Waals surface area (Å²) in [7, 11) is -4.18. The van der Waals surface area contributed by atoms with E-state index < -0.39 is 16.9 Å². The Morgan fingerprint density at radius 1 is 0.590 bits per heavy atom. The minimum atomic E-state index is -4.18. The van der Waals surface area contributed by atoms with Gasteiger partial charge in [-0.1, -0.05) is 0 Å². The Labute approximate surface area is 235 Å². The fourth-order valence-corrected chi connectivity index (χ4v) is 14.4. The van der Waals surface area contributed by atoms with Gasteiger partial charge in [-0.3, -0.25) is 0 Å². The van der Waals surface area contributed by atoms with Crippen LogP contribution < -0.4 is 15.9 Å². The van der Waals surface area contributed by atoms with Gasteiger partial charge in [0.1, 0.15) is 0 Å². The second kappa shape index (κ2) is 12.6. The van der Waals surface area contributed by atoms with Crippen molar-refractivity contribution in [2.45, 2.75) is 64.2 Å². The Bertz CT molecular complexity index is 1350. The van der Waals surface area contributed by atoms with Crippen molar-refractivity contribution in [1.82, 2.24) is 0 Å². The first-order valence-electron chi connectivity index (χ1n) is 14.2. The van der Waals surface area contributed by atoms with E-state index in [1.807, 2.05) is 97.1 Å². The van der Waals surface area contributed by atoms with Gasteiger partial charge >= 0.3 is 236 Å². The molecule has 0 amide bonds. The van der Waals surface area contributed by atoms with Crippen LogP contribution in [0, 0.1) is 0 Å². The van der Waals surface area contributed by atoms with Crippen molar-refractivity contribution in [3.8, 4) is 0 Å². The van der Waals surface area contributed by atoms with Crippen LogP contribution in [0.25, 0.3) is 0 Å². The molecule has 0 aliphatic heterocycles. The molecule has 0 spiro atoms. The number of hydrogen-bond acceptors (Lipinski definition) is 3. The molecule has 0 saturated carbocycles. The standard InChI is InChI=1S/C34H41O3PS/c1-4-7-19-29-20-18-28-34(33(29)27-8-5-2)39(35,36)37-38(6-3,30-21-12-9-13-22-30,31-23-14-10-15-24-31)32-25-16-11-17-26-32/h9-18,20-26,28H,4-8,19,27H2,1-3H3. The molecule has 206 valence electrons. The molecule has 0 heterocycles. The molecule has 0 aliphatic carbocycles. The fraction of sp³-hybridized carbons (Fsp3) is 0.294. The van der Waals surface area contributed by atoms with Crippen molar-refractivity contribution >= 4 is 32.9 Å². The van der Waals surface area contributed by atoms with Gasteiger partial charge in [-0.15, -0.1) is 0 Å². The molecule has 0 aliphatic rings. The number of rotatable bonds is 13. The topological polar surface area (TPSA) is 43.4 Å². The summed E-state index contributed by atoms with van der Waals surface area (Å²) in [6, 6.07) is 35.7. The second-order valence-electron chi connectivity index (χ2n) is 10.2. The van der Waals surface area contributed by atoms with Crippen molar-refractivity contribution in [3.05, 3.63) is 120 Å². The van der Waals surface area contributed by atoms with Gasteiger partial charge < -0.3 is 0 Å². The first-order valence-corrected chi connectivity index (χ1v) is 17.9. The molecular formula is C34H41O3PS. The first-order chi connectivity index (χ1) is 18.9. The van der Waals surface area contributed by atoms with Crippen molar-refractivity contribution in [1.29, 1.82) is 0 Å². The van der Waals surface area contributed by atoms with Crippen LogP contribution >= 0.6 is 6.83 Å². The molecule has 0 aromatic heterocycles. The zero-order valence-corrected chi connectivity index (χ0v) is 25.1. The first kappa shape index (κ1) is 29.2. The predicted molar refractivity (Wildman–Crippen MR) is 168 cm³/mol. The summed E-state index contributed by atoms with van der Waals surface area (Å²) in [6.45, 7) is 2.39. The van der Waals surface area contributed by atoms with Crippen LogP contribution in [0.2, 0.25) is 0 Å². The van der Waals surface area contributed by atoms with Crippen LogP contribution in [0.5, 0.6) is 0 Å². The monoisotopic (exact) mass is 560 g/mol. The number of benzene rings is 4. The van der Waals surface area contributed by atoms with Gasteiger partial charge in [-0.05, 0) is 0 Å². The van der Waals surface area contributed by atoms with Crippen molar-refractivity contribution in [3.63, 3.8) is 0 Å². The molecule has 0 fully saturated rings. The van der Waals surface area contributed by atoms with Crippen LogP contribution in [0.3, 0.4) is 0 Å². The van der Waals surface area contributed by atoms with Gasteiger partial charge in [0.05, 0.1) is 0 Å². The Hall–Kier alpha value is -2.78. The molecule has 0 bridgehead atoms. The zero-order chi connectivity index (χ0) is 27.8. The number of hydrogen-bond donors (Lipinski definition) is 0. The third kappa shape index (κ3) is 5.48. The fourth-order valence-electron chi connectivity index (χ4n) is 5.75. The summed E-state index contributed by atoms with van der Waals surface area (Å²) in [6.07, 6.45) is 6.10. The predicted octanol–water partition coefficient (Wildman–Crippen LogP) is 7.54. The van der Waals surface area contributed by atoms with Gasteiger partial charge in [-0.2, -0.15) is 0 Å². The summed E-state index contributed by atoms with van der Waals surface area (Å²) in [5.74, 6) is 0. The third-order valence-electron chi connectivity index (χ3n) is 7.85. The molecule has 39 heavy (non-hydrogen) atoms. The molecule has 0 radical (unpaired) electrons. The van der Waals surface area contributed by atoms with E-state index in [0.29, 0.717) is 11.1 Å². The average molecular weight is 561 g/mol. The van der Waals surface area contributed by atoms with E-state index in [1.165, 1.54) is 0 Å². The van der Waals surface area contributed by atoms with E-state index in [2.05, 4.69) is 26.8 Å². The zero-order valence-electron chi connectivity index (χ0n) is 23.4. The van der Waals surface area contributed by atoms with Gasteiger partial charge in [-0.25, -0.2) is 0 Å². The second-order valence-corrected chi connectivity index (χ2v) is 16.7. The molecule has 4 rings (SSSR count). The Morgan fingerprint density at radius 2 is 1.05 bits per heavy atom. The van der Waals surface area contributed by atoms with E-state index in [4.69, 9.17) is 3.97 Å².